The third-order valence-electron chi connectivity index (χ3n) is 7.89. The molecule has 2 fully saturated rings. The Kier molecular flexibility index (Phi) is 7.22. The molecule has 0 spiro atoms. The summed E-state index contributed by atoms with van der Waals surface area (Å²) in [6, 6.07) is 2.95. The van der Waals surface area contributed by atoms with E-state index in [-0.39, 0.29) is 41.6 Å². The normalized spacial score (nSPS) is 21.6. The Hall–Kier alpha value is -4.06. The molecule has 0 aliphatic carbocycles. The molecular formula is C29H32F2N4O6. The van der Waals surface area contributed by atoms with Gasteiger partial charge in [-0.1, -0.05) is 12.1 Å². The van der Waals surface area contributed by atoms with E-state index in [0.29, 0.717) is 12.6 Å². The minimum Gasteiger partial charge on any atom is -0.451 e. The molecule has 41 heavy (non-hydrogen) atoms. The number of carbonyl (C=O) groups is 3. The highest BCUT2D eigenvalue weighted by Gasteiger charge is 2.55. The second kappa shape index (κ2) is 10.4. The fourth-order valence-corrected chi connectivity index (χ4v) is 5.70. The minimum absolute atomic E-state index is 0.0231. The SMILES string of the molecule is C=CC12CCCN1C1Cn3cc(C(=O)NCc4ccc(F)cc4F)c(=O)c(OCOC(=O)C(C)(C)C)c3C(=O)N1C2. The fraction of sp³-hybridized carbons (Fsp3) is 0.448. The van der Waals surface area contributed by atoms with E-state index in [0.717, 1.165) is 25.5 Å². The van der Waals surface area contributed by atoms with E-state index in [4.69, 9.17) is 9.47 Å². The summed E-state index contributed by atoms with van der Waals surface area (Å²) in [6.45, 7) is 9.41. The van der Waals surface area contributed by atoms with Gasteiger partial charge in [0.25, 0.3) is 11.8 Å². The van der Waals surface area contributed by atoms with Crippen LogP contribution < -0.4 is 15.5 Å². The van der Waals surface area contributed by atoms with Gasteiger partial charge in [0.05, 0.1) is 17.5 Å². The van der Waals surface area contributed by atoms with E-state index in [9.17, 15) is 28.0 Å². The van der Waals surface area contributed by atoms with Gasteiger partial charge in [0, 0.05) is 37.5 Å². The summed E-state index contributed by atoms with van der Waals surface area (Å²) in [5.74, 6) is -3.90. The summed E-state index contributed by atoms with van der Waals surface area (Å²) in [7, 11) is 0. The average Bonchev–Trinajstić information content (AvgIpc) is 3.46. The zero-order valence-corrected chi connectivity index (χ0v) is 23.2. The number of carbonyl (C=O) groups excluding carboxylic acids is 3. The van der Waals surface area contributed by atoms with Crippen LogP contribution in [0, 0.1) is 17.0 Å². The van der Waals surface area contributed by atoms with Crippen LogP contribution in [0.2, 0.25) is 0 Å². The molecule has 218 valence electrons. The summed E-state index contributed by atoms with van der Waals surface area (Å²) in [5, 5.41) is 2.48. The van der Waals surface area contributed by atoms with Crippen molar-refractivity contribution in [2.45, 2.75) is 58.4 Å². The fourth-order valence-electron chi connectivity index (χ4n) is 5.70. The lowest BCUT2D eigenvalue weighted by Gasteiger charge is -2.36. The van der Waals surface area contributed by atoms with Gasteiger partial charge in [-0.3, -0.25) is 24.1 Å². The van der Waals surface area contributed by atoms with Crippen LogP contribution in [0.15, 0.2) is 41.8 Å². The Labute approximate surface area is 235 Å². The van der Waals surface area contributed by atoms with Crippen molar-refractivity contribution in [3.05, 3.63) is 75.7 Å². The van der Waals surface area contributed by atoms with E-state index in [1.54, 1.807) is 25.7 Å². The molecule has 2 unspecified atom stereocenters. The number of ether oxygens (including phenoxy) is 2. The summed E-state index contributed by atoms with van der Waals surface area (Å²) < 4.78 is 39.7. The number of aromatic nitrogens is 1. The molecule has 4 heterocycles. The standard InChI is InChI=1S/C29H32F2N4O6/c1-5-29-9-6-10-35(29)21-14-33-13-19(25(37)32-12-17-7-8-18(30)11-20(17)31)23(36)24(22(33)26(38)34(21)15-29)40-16-41-27(39)28(2,3)4/h5,7-8,11,13,21H,1,6,9-10,12,14-16H2,2-4H3,(H,32,37). The number of hydrogen-bond donors (Lipinski definition) is 1. The second-order valence-corrected chi connectivity index (χ2v) is 11.6. The molecule has 2 atom stereocenters. The van der Waals surface area contributed by atoms with Crippen molar-refractivity contribution in [1.82, 2.24) is 19.7 Å². The first kappa shape index (κ1) is 28.5. The van der Waals surface area contributed by atoms with Crippen molar-refractivity contribution >= 4 is 17.8 Å². The maximum absolute atomic E-state index is 14.1. The molecule has 0 bridgehead atoms. The molecule has 10 nitrogen and oxygen atoms in total. The van der Waals surface area contributed by atoms with E-state index < -0.39 is 52.8 Å². The number of amides is 2. The summed E-state index contributed by atoms with van der Waals surface area (Å²) in [6.07, 6.45) is 4.61. The van der Waals surface area contributed by atoms with Crippen LogP contribution in [0.3, 0.4) is 0 Å². The zero-order chi connectivity index (χ0) is 29.7. The summed E-state index contributed by atoms with van der Waals surface area (Å²) >= 11 is 0. The quantitative estimate of drug-likeness (QED) is 0.310. The maximum Gasteiger partial charge on any atom is 0.314 e. The Morgan fingerprint density at radius 1 is 1.24 bits per heavy atom. The lowest BCUT2D eigenvalue weighted by molar-refractivity contribution is -0.159. The third-order valence-corrected chi connectivity index (χ3v) is 7.89. The second-order valence-electron chi connectivity index (χ2n) is 11.6. The molecule has 5 rings (SSSR count). The Bertz CT molecular complexity index is 1500. The number of nitrogens with one attached hydrogen (secondary N) is 1. The maximum atomic E-state index is 14.1. The molecule has 1 aromatic heterocycles. The topological polar surface area (TPSA) is 110 Å². The smallest absolute Gasteiger partial charge is 0.314 e. The van der Waals surface area contributed by atoms with Crippen molar-refractivity contribution in [2.75, 3.05) is 19.9 Å². The van der Waals surface area contributed by atoms with E-state index in [1.807, 2.05) is 6.08 Å². The van der Waals surface area contributed by atoms with Crippen molar-refractivity contribution < 1.29 is 32.6 Å². The molecule has 2 amide bonds. The lowest BCUT2D eigenvalue weighted by atomic mass is 9.97. The summed E-state index contributed by atoms with van der Waals surface area (Å²) in [4.78, 5) is 56.7. The number of benzene rings is 1. The van der Waals surface area contributed by atoms with Crippen LogP contribution >= 0.6 is 0 Å². The van der Waals surface area contributed by atoms with Crippen LogP contribution in [-0.4, -0.2) is 63.7 Å². The van der Waals surface area contributed by atoms with Crippen molar-refractivity contribution in [3.8, 4) is 5.75 Å². The molecule has 2 aromatic rings. The average molecular weight is 571 g/mol. The number of pyridine rings is 1. The van der Waals surface area contributed by atoms with Crippen LogP contribution in [0.25, 0.3) is 0 Å². The van der Waals surface area contributed by atoms with Crippen LogP contribution in [0.4, 0.5) is 8.78 Å². The van der Waals surface area contributed by atoms with Gasteiger partial charge < -0.3 is 24.3 Å². The number of esters is 1. The monoisotopic (exact) mass is 570 g/mol. The predicted octanol–water partition coefficient (Wildman–Crippen LogP) is 2.80. The molecule has 12 heteroatoms. The predicted molar refractivity (Wildman–Crippen MR) is 143 cm³/mol. The number of hydrogen-bond acceptors (Lipinski definition) is 7. The highest BCUT2D eigenvalue weighted by molar-refractivity contribution is 5.99. The third kappa shape index (κ3) is 5.01. The molecule has 1 aromatic carbocycles. The van der Waals surface area contributed by atoms with Crippen LogP contribution in [-0.2, 0) is 22.6 Å². The highest BCUT2D eigenvalue weighted by atomic mass is 19.1. The van der Waals surface area contributed by atoms with E-state index in [2.05, 4.69) is 16.8 Å². The van der Waals surface area contributed by atoms with Crippen molar-refractivity contribution in [1.29, 1.82) is 0 Å². The number of fused-ring (bicyclic) bond motifs is 4. The molecule has 3 aliphatic heterocycles. The van der Waals surface area contributed by atoms with Crippen molar-refractivity contribution in [3.63, 3.8) is 0 Å². The summed E-state index contributed by atoms with van der Waals surface area (Å²) in [5.41, 5.74) is -2.48. The molecule has 3 aliphatic rings. The highest BCUT2D eigenvalue weighted by Crippen LogP contribution is 2.43. The van der Waals surface area contributed by atoms with E-state index in [1.165, 1.54) is 16.8 Å². The van der Waals surface area contributed by atoms with E-state index >= 15 is 0 Å². The first-order chi connectivity index (χ1) is 19.4. The van der Waals surface area contributed by atoms with Crippen molar-refractivity contribution in [2.24, 2.45) is 5.41 Å². The van der Waals surface area contributed by atoms with Gasteiger partial charge in [-0.2, -0.15) is 0 Å². The number of rotatable bonds is 7. The lowest BCUT2D eigenvalue weighted by Crippen LogP contribution is -2.51. The minimum atomic E-state index is -0.884. The van der Waals surface area contributed by atoms with Gasteiger partial charge >= 0.3 is 5.97 Å². The molecule has 0 radical (unpaired) electrons. The Balaban J connectivity index is 1.49. The van der Waals surface area contributed by atoms with Crippen LogP contribution in [0.5, 0.6) is 5.75 Å². The number of halogens is 2. The van der Waals surface area contributed by atoms with Gasteiger partial charge in [0.2, 0.25) is 18.0 Å². The Morgan fingerprint density at radius 2 is 2.00 bits per heavy atom. The largest absolute Gasteiger partial charge is 0.451 e. The molecular weight excluding hydrogens is 538 g/mol. The molecule has 2 saturated heterocycles. The van der Waals surface area contributed by atoms with Gasteiger partial charge in [0.15, 0.2) is 5.69 Å². The van der Waals surface area contributed by atoms with Gasteiger partial charge in [-0.25, -0.2) is 8.78 Å². The first-order valence-electron chi connectivity index (χ1n) is 13.4. The number of nitrogens with zero attached hydrogens (tertiary/aromatic N) is 3. The Morgan fingerprint density at radius 3 is 2.68 bits per heavy atom. The zero-order valence-electron chi connectivity index (χ0n) is 23.2. The first-order valence-corrected chi connectivity index (χ1v) is 13.4. The van der Waals surface area contributed by atoms with Gasteiger partial charge in [-0.05, 0) is 39.7 Å². The van der Waals surface area contributed by atoms with Gasteiger partial charge in [0.1, 0.15) is 23.4 Å². The van der Waals surface area contributed by atoms with Crippen LogP contribution in [0.1, 0.15) is 60.0 Å². The molecule has 0 saturated carbocycles. The van der Waals surface area contributed by atoms with Gasteiger partial charge in [-0.15, -0.1) is 6.58 Å². The molecule has 1 N–H and O–H groups in total.